The van der Waals surface area contributed by atoms with Crippen LogP contribution in [0.3, 0.4) is 0 Å². The van der Waals surface area contributed by atoms with Gasteiger partial charge in [-0.3, -0.25) is 4.79 Å². The highest BCUT2D eigenvalue weighted by Gasteiger charge is 2.01. The predicted molar refractivity (Wildman–Crippen MR) is 56.6 cm³/mol. The van der Waals surface area contributed by atoms with Crippen molar-refractivity contribution in [2.75, 3.05) is 6.61 Å². The van der Waals surface area contributed by atoms with Crippen molar-refractivity contribution in [1.29, 1.82) is 0 Å². The molecule has 0 radical (unpaired) electrons. The summed E-state index contributed by atoms with van der Waals surface area (Å²) in [5.41, 5.74) is 1.14. The van der Waals surface area contributed by atoms with Gasteiger partial charge in [0.05, 0.1) is 0 Å². The van der Waals surface area contributed by atoms with E-state index in [2.05, 4.69) is 0 Å². The van der Waals surface area contributed by atoms with Crippen LogP contribution in [0.1, 0.15) is 25.3 Å². The molecule has 0 spiro atoms. The third-order valence-corrected chi connectivity index (χ3v) is 1.92. The Bertz CT molecular complexity index is 305. The highest BCUT2D eigenvalue weighted by molar-refractivity contribution is 5.79. The van der Waals surface area contributed by atoms with E-state index < -0.39 is 0 Å². The lowest BCUT2D eigenvalue weighted by Crippen LogP contribution is -2.10. The number of benzene rings is 1. The molecular formula is C12H16O2. The predicted octanol–water partition coefficient (Wildman–Crippen LogP) is 2.74. The Balaban J connectivity index is 2.41. The number of ketones is 1. The Morgan fingerprint density at radius 3 is 2.86 bits per heavy atom. The van der Waals surface area contributed by atoms with E-state index in [0.29, 0.717) is 6.42 Å². The van der Waals surface area contributed by atoms with Crippen molar-refractivity contribution in [3.8, 4) is 5.75 Å². The molecule has 2 nitrogen and oxygen atoms in total. The van der Waals surface area contributed by atoms with Crippen LogP contribution in [0, 0.1) is 6.92 Å². The first-order chi connectivity index (χ1) is 6.72. The first-order valence-corrected chi connectivity index (χ1v) is 4.93. The molecule has 14 heavy (non-hydrogen) atoms. The van der Waals surface area contributed by atoms with Gasteiger partial charge >= 0.3 is 0 Å². The quantitative estimate of drug-likeness (QED) is 0.717. The van der Waals surface area contributed by atoms with Gasteiger partial charge in [-0.15, -0.1) is 0 Å². The van der Waals surface area contributed by atoms with Crippen LogP contribution in [-0.4, -0.2) is 12.4 Å². The van der Waals surface area contributed by atoms with E-state index in [1.165, 1.54) is 0 Å². The van der Waals surface area contributed by atoms with E-state index in [0.717, 1.165) is 17.7 Å². The first kappa shape index (κ1) is 10.8. The molecule has 0 bridgehead atoms. The molecule has 0 aliphatic heterocycles. The van der Waals surface area contributed by atoms with Crippen molar-refractivity contribution < 1.29 is 9.53 Å². The molecule has 1 aromatic rings. The number of hydrogen-bond acceptors (Lipinski definition) is 2. The molecule has 0 atom stereocenters. The van der Waals surface area contributed by atoms with Crippen LogP contribution in [0.25, 0.3) is 0 Å². The van der Waals surface area contributed by atoms with Crippen LogP contribution in [-0.2, 0) is 4.79 Å². The topological polar surface area (TPSA) is 26.3 Å². The number of Topliss-reactive ketones (excluding diaryl/α,β-unsaturated/α-hetero) is 1. The Morgan fingerprint density at radius 2 is 2.21 bits per heavy atom. The normalized spacial score (nSPS) is 9.86. The van der Waals surface area contributed by atoms with Crippen molar-refractivity contribution in [3.05, 3.63) is 29.8 Å². The lowest BCUT2D eigenvalue weighted by molar-refractivity contribution is -0.121. The molecule has 1 aromatic carbocycles. The number of carbonyl (C=O) groups is 1. The molecule has 0 aromatic heterocycles. The van der Waals surface area contributed by atoms with E-state index in [1.807, 2.05) is 38.1 Å². The summed E-state index contributed by atoms with van der Waals surface area (Å²) in [5, 5.41) is 0. The molecule has 0 unspecified atom stereocenters. The maximum Gasteiger partial charge on any atom is 0.170 e. The average molecular weight is 192 g/mol. The van der Waals surface area contributed by atoms with E-state index in [4.69, 9.17) is 4.74 Å². The van der Waals surface area contributed by atoms with E-state index in [1.54, 1.807) is 0 Å². The van der Waals surface area contributed by atoms with Gasteiger partial charge in [-0.25, -0.2) is 0 Å². The largest absolute Gasteiger partial charge is 0.486 e. The van der Waals surface area contributed by atoms with Crippen LogP contribution in [0.2, 0.25) is 0 Å². The molecule has 0 aliphatic rings. The van der Waals surface area contributed by atoms with Crippen molar-refractivity contribution in [2.24, 2.45) is 0 Å². The van der Waals surface area contributed by atoms with E-state index >= 15 is 0 Å². The average Bonchev–Trinajstić information content (AvgIpc) is 2.15. The maximum atomic E-state index is 11.2. The summed E-state index contributed by atoms with van der Waals surface area (Å²) >= 11 is 0. The van der Waals surface area contributed by atoms with Crippen molar-refractivity contribution in [3.63, 3.8) is 0 Å². The van der Waals surface area contributed by atoms with Gasteiger partial charge in [-0.1, -0.05) is 19.1 Å². The molecule has 76 valence electrons. The fourth-order valence-electron chi connectivity index (χ4n) is 1.22. The second kappa shape index (κ2) is 5.43. The third-order valence-electron chi connectivity index (χ3n) is 1.92. The Hall–Kier alpha value is -1.31. The van der Waals surface area contributed by atoms with Crippen LogP contribution in [0.5, 0.6) is 5.75 Å². The summed E-state index contributed by atoms with van der Waals surface area (Å²) in [6, 6.07) is 7.72. The molecule has 2 heteroatoms. The summed E-state index contributed by atoms with van der Waals surface area (Å²) in [6.07, 6.45) is 1.49. The molecule has 0 saturated carbocycles. The summed E-state index contributed by atoms with van der Waals surface area (Å²) in [5.74, 6) is 0.934. The van der Waals surface area contributed by atoms with Gasteiger partial charge in [-0.2, -0.15) is 0 Å². The fraction of sp³-hybridized carbons (Fsp3) is 0.417. The van der Waals surface area contributed by atoms with Crippen molar-refractivity contribution in [2.45, 2.75) is 26.7 Å². The van der Waals surface area contributed by atoms with Crippen LogP contribution >= 0.6 is 0 Å². The van der Waals surface area contributed by atoms with E-state index in [9.17, 15) is 4.79 Å². The smallest absolute Gasteiger partial charge is 0.170 e. The lowest BCUT2D eigenvalue weighted by Gasteiger charge is -2.05. The molecule has 0 fully saturated rings. The molecule has 0 N–H and O–H groups in total. The van der Waals surface area contributed by atoms with E-state index in [-0.39, 0.29) is 12.4 Å². The summed E-state index contributed by atoms with van der Waals surface area (Å²) in [6.45, 7) is 4.18. The van der Waals surface area contributed by atoms with Crippen molar-refractivity contribution in [1.82, 2.24) is 0 Å². The lowest BCUT2D eigenvalue weighted by atomic mass is 10.2. The Kier molecular flexibility index (Phi) is 4.17. The standard InChI is InChI=1S/C12H16O2/c1-3-5-11(13)9-14-12-7-4-6-10(2)8-12/h4,6-8H,3,5,9H2,1-2H3. The van der Waals surface area contributed by atoms with Gasteiger partial charge in [0.2, 0.25) is 0 Å². The molecule has 0 heterocycles. The van der Waals surface area contributed by atoms with Gasteiger partial charge in [0.15, 0.2) is 5.78 Å². The van der Waals surface area contributed by atoms with Gasteiger partial charge in [0, 0.05) is 6.42 Å². The molecule has 0 saturated heterocycles. The summed E-state index contributed by atoms with van der Waals surface area (Å²) in [7, 11) is 0. The van der Waals surface area contributed by atoms with Crippen LogP contribution < -0.4 is 4.74 Å². The molecule has 0 amide bonds. The maximum absolute atomic E-state index is 11.2. The summed E-state index contributed by atoms with van der Waals surface area (Å²) in [4.78, 5) is 11.2. The van der Waals surface area contributed by atoms with Gasteiger partial charge in [-0.05, 0) is 31.0 Å². The zero-order valence-corrected chi connectivity index (χ0v) is 8.75. The third kappa shape index (κ3) is 3.60. The van der Waals surface area contributed by atoms with Crippen LogP contribution in [0.15, 0.2) is 24.3 Å². The SMILES string of the molecule is CCCC(=O)COc1cccc(C)c1. The second-order valence-electron chi connectivity index (χ2n) is 3.39. The monoisotopic (exact) mass is 192 g/mol. The number of rotatable bonds is 5. The second-order valence-corrected chi connectivity index (χ2v) is 3.39. The Morgan fingerprint density at radius 1 is 1.43 bits per heavy atom. The fourth-order valence-corrected chi connectivity index (χ4v) is 1.22. The number of aryl methyl sites for hydroxylation is 1. The minimum absolute atomic E-state index is 0.161. The minimum Gasteiger partial charge on any atom is -0.486 e. The highest BCUT2D eigenvalue weighted by Crippen LogP contribution is 2.12. The Labute approximate surface area is 84.9 Å². The van der Waals surface area contributed by atoms with Gasteiger partial charge < -0.3 is 4.74 Å². The van der Waals surface area contributed by atoms with Crippen LogP contribution in [0.4, 0.5) is 0 Å². The van der Waals surface area contributed by atoms with Gasteiger partial charge in [0.25, 0.3) is 0 Å². The molecule has 1 rings (SSSR count). The zero-order valence-electron chi connectivity index (χ0n) is 8.75. The number of hydrogen-bond donors (Lipinski definition) is 0. The van der Waals surface area contributed by atoms with Gasteiger partial charge in [0.1, 0.15) is 12.4 Å². The number of carbonyl (C=O) groups excluding carboxylic acids is 1. The summed E-state index contributed by atoms with van der Waals surface area (Å²) < 4.78 is 5.35. The number of ether oxygens (including phenoxy) is 1. The highest BCUT2D eigenvalue weighted by atomic mass is 16.5. The zero-order chi connectivity index (χ0) is 10.4. The minimum atomic E-state index is 0.161. The molecule has 0 aliphatic carbocycles. The van der Waals surface area contributed by atoms with Crippen molar-refractivity contribution >= 4 is 5.78 Å². The molecular weight excluding hydrogens is 176 g/mol. The first-order valence-electron chi connectivity index (χ1n) is 4.93.